The Morgan fingerprint density at radius 3 is 2.62 bits per heavy atom. The van der Waals surface area contributed by atoms with Gasteiger partial charge in [0.25, 0.3) is 5.91 Å². The van der Waals surface area contributed by atoms with Crippen LogP contribution in [0.1, 0.15) is 35.8 Å². The number of nitrogens with zero attached hydrogens (tertiary/aromatic N) is 1. The van der Waals surface area contributed by atoms with Crippen molar-refractivity contribution in [1.82, 2.24) is 9.88 Å². The number of hydrogen-bond donors (Lipinski definition) is 1. The molecule has 0 spiro atoms. The lowest BCUT2D eigenvalue weighted by Gasteiger charge is -2.13. The van der Waals surface area contributed by atoms with Crippen LogP contribution in [0, 0.1) is 11.6 Å². The Kier molecular flexibility index (Phi) is 6.65. The standard InChI is InChI=1S/C23H24F2N2O2/c1-3-5-12-26-23(28)21-14-16-20(10-7-11-22(16)29-13-4-2)27(21)15-17-18(24)8-6-9-19(17)25/h4,6-11,14H,2-3,5,12-13,15H2,1H3,(H,26,28). The zero-order valence-corrected chi connectivity index (χ0v) is 16.4. The van der Waals surface area contributed by atoms with Gasteiger partial charge >= 0.3 is 0 Å². The van der Waals surface area contributed by atoms with E-state index in [0.717, 1.165) is 12.8 Å². The van der Waals surface area contributed by atoms with Gasteiger partial charge in [0.2, 0.25) is 0 Å². The van der Waals surface area contributed by atoms with Crippen LogP contribution in [0.5, 0.6) is 5.75 Å². The van der Waals surface area contributed by atoms with Crippen LogP contribution in [0.4, 0.5) is 8.78 Å². The third-order valence-electron chi connectivity index (χ3n) is 4.69. The molecule has 3 aromatic rings. The smallest absolute Gasteiger partial charge is 0.267 e. The molecule has 0 saturated carbocycles. The lowest BCUT2D eigenvalue weighted by molar-refractivity contribution is 0.0944. The Labute approximate surface area is 168 Å². The Morgan fingerprint density at radius 1 is 1.21 bits per heavy atom. The summed E-state index contributed by atoms with van der Waals surface area (Å²) in [6, 6.07) is 10.8. The van der Waals surface area contributed by atoms with Gasteiger partial charge < -0.3 is 14.6 Å². The van der Waals surface area contributed by atoms with Gasteiger partial charge in [0.1, 0.15) is 29.7 Å². The first kappa shape index (κ1) is 20.6. The number of fused-ring (bicyclic) bond motifs is 1. The van der Waals surface area contributed by atoms with Crippen molar-refractivity contribution in [2.75, 3.05) is 13.2 Å². The molecule has 6 heteroatoms. The SMILES string of the molecule is C=CCOc1cccc2c1cc(C(=O)NCCCC)n2Cc1c(F)cccc1F. The lowest BCUT2D eigenvalue weighted by atomic mass is 10.2. The fourth-order valence-corrected chi connectivity index (χ4v) is 3.20. The van der Waals surface area contributed by atoms with Gasteiger partial charge in [0, 0.05) is 17.5 Å². The lowest BCUT2D eigenvalue weighted by Crippen LogP contribution is -2.27. The van der Waals surface area contributed by atoms with Crippen LogP contribution >= 0.6 is 0 Å². The third-order valence-corrected chi connectivity index (χ3v) is 4.69. The van der Waals surface area contributed by atoms with E-state index in [1.54, 1.807) is 34.9 Å². The maximum atomic E-state index is 14.3. The molecule has 1 heterocycles. The van der Waals surface area contributed by atoms with Crippen LogP contribution in [0.15, 0.2) is 55.1 Å². The van der Waals surface area contributed by atoms with E-state index in [0.29, 0.717) is 35.5 Å². The summed E-state index contributed by atoms with van der Waals surface area (Å²) in [5.41, 5.74) is 0.897. The molecule has 0 fully saturated rings. The zero-order chi connectivity index (χ0) is 20.8. The topological polar surface area (TPSA) is 43.3 Å². The molecular weight excluding hydrogens is 374 g/mol. The largest absolute Gasteiger partial charge is 0.489 e. The first-order valence-corrected chi connectivity index (χ1v) is 9.63. The zero-order valence-electron chi connectivity index (χ0n) is 16.4. The van der Waals surface area contributed by atoms with E-state index in [1.807, 2.05) is 6.92 Å². The maximum absolute atomic E-state index is 14.3. The molecule has 0 saturated heterocycles. The maximum Gasteiger partial charge on any atom is 0.267 e. The number of hydrogen-bond acceptors (Lipinski definition) is 2. The number of nitrogens with one attached hydrogen (secondary N) is 1. The average Bonchev–Trinajstić information content (AvgIpc) is 3.08. The van der Waals surface area contributed by atoms with Crippen molar-refractivity contribution >= 4 is 16.8 Å². The Balaban J connectivity index is 2.10. The molecule has 0 radical (unpaired) electrons. The highest BCUT2D eigenvalue weighted by molar-refractivity contribution is 6.00. The predicted molar refractivity (Wildman–Crippen MR) is 110 cm³/mol. The van der Waals surface area contributed by atoms with Crippen molar-refractivity contribution in [2.24, 2.45) is 0 Å². The second kappa shape index (κ2) is 9.37. The molecule has 3 rings (SSSR count). The molecule has 29 heavy (non-hydrogen) atoms. The summed E-state index contributed by atoms with van der Waals surface area (Å²) in [6.07, 6.45) is 3.42. The minimum absolute atomic E-state index is 0.0926. The normalized spacial score (nSPS) is 10.9. The monoisotopic (exact) mass is 398 g/mol. The molecule has 1 amide bonds. The summed E-state index contributed by atoms with van der Waals surface area (Å²) in [5, 5.41) is 3.58. The van der Waals surface area contributed by atoms with Crippen LogP contribution < -0.4 is 10.1 Å². The molecule has 0 unspecified atom stereocenters. The van der Waals surface area contributed by atoms with Crippen molar-refractivity contribution < 1.29 is 18.3 Å². The minimum atomic E-state index is -0.650. The van der Waals surface area contributed by atoms with E-state index in [2.05, 4.69) is 11.9 Å². The molecule has 1 aromatic heterocycles. The number of carbonyl (C=O) groups is 1. The highest BCUT2D eigenvalue weighted by Gasteiger charge is 2.20. The van der Waals surface area contributed by atoms with Crippen LogP contribution in [0.2, 0.25) is 0 Å². The van der Waals surface area contributed by atoms with Gasteiger partial charge in [-0.05, 0) is 36.8 Å². The Morgan fingerprint density at radius 2 is 1.93 bits per heavy atom. The first-order chi connectivity index (χ1) is 14.1. The number of benzene rings is 2. The second-order valence-electron chi connectivity index (χ2n) is 6.71. The molecule has 1 N–H and O–H groups in total. The molecule has 2 aromatic carbocycles. The molecule has 0 aliphatic rings. The summed E-state index contributed by atoms with van der Waals surface area (Å²) in [6.45, 7) is 6.42. The van der Waals surface area contributed by atoms with Crippen molar-refractivity contribution in [3.05, 3.63) is 78.0 Å². The summed E-state index contributed by atoms with van der Waals surface area (Å²) in [4.78, 5) is 12.8. The number of rotatable bonds is 9. The minimum Gasteiger partial charge on any atom is -0.489 e. The number of ether oxygens (including phenoxy) is 1. The number of carbonyl (C=O) groups excluding carboxylic acids is 1. The van der Waals surface area contributed by atoms with E-state index < -0.39 is 11.6 Å². The number of amides is 1. The van der Waals surface area contributed by atoms with Crippen molar-refractivity contribution in [1.29, 1.82) is 0 Å². The molecule has 0 bridgehead atoms. The summed E-state index contributed by atoms with van der Waals surface area (Å²) < 4.78 is 35.9. The number of unbranched alkanes of at least 4 members (excludes halogenated alkanes) is 1. The molecule has 0 aliphatic heterocycles. The summed E-state index contributed by atoms with van der Waals surface area (Å²) >= 11 is 0. The van der Waals surface area contributed by atoms with Gasteiger partial charge in [-0.25, -0.2) is 8.78 Å². The van der Waals surface area contributed by atoms with Crippen molar-refractivity contribution in [2.45, 2.75) is 26.3 Å². The summed E-state index contributed by atoms with van der Waals surface area (Å²) in [7, 11) is 0. The van der Waals surface area contributed by atoms with E-state index in [-0.39, 0.29) is 18.0 Å². The van der Waals surface area contributed by atoms with Crippen LogP contribution in [0.25, 0.3) is 10.9 Å². The number of halogens is 2. The van der Waals surface area contributed by atoms with E-state index in [1.165, 1.54) is 18.2 Å². The highest BCUT2D eigenvalue weighted by Crippen LogP contribution is 2.30. The Bertz CT molecular complexity index is 1010. The van der Waals surface area contributed by atoms with Gasteiger partial charge in [-0.2, -0.15) is 0 Å². The fourth-order valence-electron chi connectivity index (χ4n) is 3.20. The van der Waals surface area contributed by atoms with Crippen LogP contribution in [-0.4, -0.2) is 23.6 Å². The van der Waals surface area contributed by atoms with E-state index in [4.69, 9.17) is 4.74 Å². The van der Waals surface area contributed by atoms with Gasteiger partial charge in [-0.15, -0.1) is 0 Å². The second-order valence-corrected chi connectivity index (χ2v) is 6.71. The van der Waals surface area contributed by atoms with Gasteiger partial charge in [-0.3, -0.25) is 4.79 Å². The quantitative estimate of drug-likeness (QED) is 0.404. The van der Waals surface area contributed by atoms with Crippen molar-refractivity contribution in [3.63, 3.8) is 0 Å². The van der Waals surface area contributed by atoms with Gasteiger partial charge in [0.05, 0.1) is 12.1 Å². The van der Waals surface area contributed by atoms with Gasteiger partial charge in [-0.1, -0.05) is 38.1 Å². The first-order valence-electron chi connectivity index (χ1n) is 9.63. The predicted octanol–water partition coefficient (Wildman–Crippen LogP) is 5.06. The molecule has 0 atom stereocenters. The molecular formula is C23H24F2N2O2. The van der Waals surface area contributed by atoms with E-state index >= 15 is 0 Å². The molecule has 0 aliphatic carbocycles. The Hall–Kier alpha value is -3.15. The highest BCUT2D eigenvalue weighted by atomic mass is 19.1. The van der Waals surface area contributed by atoms with Crippen molar-refractivity contribution in [3.8, 4) is 5.75 Å². The van der Waals surface area contributed by atoms with Gasteiger partial charge in [0.15, 0.2) is 0 Å². The van der Waals surface area contributed by atoms with Crippen LogP contribution in [0.3, 0.4) is 0 Å². The average molecular weight is 398 g/mol. The van der Waals surface area contributed by atoms with E-state index in [9.17, 15) is 13.6 Å². The fraction of sp³-hybridized carbons (Fsp3) is 0.261. The summed E-state index contributed by atoms with van der Waals surface area (Å²) in [5.74, 6) is -1.01. The number of aromatic nitrogens is 1. The molecule has 152 valence electrons. The third kappa shape index (κ3) is 4.47. The van der Waals surface area contributed by atoms with Crippen LogP contribution in [-0.2, 0) is 6.54 Å². The molecule has 4 nitrogen and oxygen atoms in total.